The highest BCUT2D eigenvalue weighted by Crippen LogP contribution is 2.23. The second-order valence-electron chi connectivity index (χ2n) is 5.52. The van der Waals surface area contributed by atoms with E-state index in [1.54, 1.807) is 21.9 Å². The molecule has 130 valence electrons. The Kier molecular flexibility index (Phi) is 6.45. The van der Waals surface area contributed by atoms with Crippen LogP contribution in [0.25, 0.3) is 0 Å². The number of carboxylic acid groups (broad SMARTS) is 1. The fourth-order valence-corrected chi connectivity index (χ4v) is 3.02. The van der Waals surface area contributed by atoms with Crippen LogP contribution in [0.3, 0.4) is 0 Å². The van der Waals surface area contributed by atoms with Crippen LogP contribution in [-0.2, 0) is 9.59 Å². The predicted molar refractivity (Wildman–Crippen MR) is 87.8 cm³/mol. The van der Waals surface area contributed by atoms with Gasteiger partial charge in [0.2, 0.25) is 5.91 Å². The highest BCUT2D eigenvalue weighted by Gasteiger charge is 2.25. The summed E-state index contributed by atoms with van der Waals surface area (Å²) in [7, 11) is 0. The molecule has 1 aromatic carbocycles. The van der Waals surface area contributed by atoms with Crippen LogP contribution in [0.15, 0.2) is 18.2 Å². The molecular weight excluding hydrogens is 355 g/mol. The summed E-state index contributed by atoms with van der Waals surface area (Å²) in [4.78, 5) is 38.1. The number of carboxylic acids is 1. The van der Waals surface area contributed by atoms with Gasteiger partial charge in [-0.1, -0.05) is 23.2 Å². The molecule has 8 heteroatoms. The number of carbonyl (C=O) groups excluding carboxylic acids is 3. The molecule has 2 rings (SSSR count). The Labute approximate surface area is 149 Å². The van der Waals surface area contributed by atoms with E-state index in [0.29, 0.717) is 41.8 Å². The standard InChI is InChI=1S/C16H18Cl2N2O4/c17-11-4-5-12(13(18)10-11)16(24)20-8-6-19(7-9-20)14(21)2-1-3-15(22)23/h4-5,10H,1-3,6-9H2,(H,22,23)/p-1. The second kappa shape index (κ2) is 8.35. The molecule has 0 radical (unpaired) electrons. The summed E-state index contributed by atoms with van der Waals surface area (Å²) in [5.74, 6) is -1.45. The minimum absolute atomic E-state index is 0.104. The molecule has 1 aromatic rings. The Morgan fingerprint density at radius 3 is 2.21 bits per heavy atom. The van der Waals surface area contributed by atoms with E-state index in [2.05, 4.69) is 0 Å². The molecule has 0 spiro atoms. The van der Waals surface area contributed by atoms with Crippen LogP contribution < -0.4 is 5.11 Å². The van der Waals surface area contributed by atoms with Crippen molar-refractivity contribution in [2.24, 2.45) is 0 Å². The molecule has 1 fully saturated rings. The van der Waals surface area contributed by atoms with Gasteiger partial charge in [-0.2, -0.15) is 0 Å². The van der Waals surface area contributed by atoms with Gasteiger partial charge in [-0.3, -0.25) is 9.59 Å². The first-order chi connectivity index (χ1) is 11.4. The zero-order valence-electron chi connectivity index (χ0n) is 13.0. The molecule has 0 atom stereocenters. The summed E-state index contributed by atoms with van der Waals surface area (Å²) >= 11 is 11.9. The number of piperazine rings is 1. The molecule has 0 N–H and O–H groups in total. The molecule has 0 saturated carbocycles. The lowest BCUT2D eigenvalue weighted by Gasteiger charge is -2.35. The first-order valence-corrected chi connectivity index (χ1v) is 8.36. The van der Waals surface area contributed by atoms with Gasteiger partial charge in [-0.05, 0) is 31.0 Å². The number of hydrogen-bond acceptors (Lipinski definition) is 4. The zero-order valence-corrected chi connectivity index (χ0v) is 14.5. The third-order valence-corrected chi connectivity index (χ3v) is 4.40. The van der Waals surface area contributed by atoms with Crippen molar-refractivity contribution in [2.75, 3.05) is 26.2 Å². The Hall–Kier alpha value is -1.79. The maximum Gasteiger partial charge on any atom is 0.255 e. The van der Waals surface area contributed by atoms with Gasteiger partial charge in [0.25, 0.3) is 5.91 Å². The minimum atomic E-state index is -1.15. The smallest absolute Gasteiger partial charge is 0.255 e. The third kappa shape index (κ3) is 4.85. The summed E-state index contributed by atoms with van der Waals surface area (Å²) < 4.78 is 0. The molecule has 1 aliphatic rings. The SMILES string of the molecule is O=C([O-])CCCC(=O)N1CCN(C(=O)c2ccc(Cl)cc2Cl)CC1. The van der Waals surface area contributed by atoms with Crippen molar-refractivity contribution in [3.05, 3.63) is 33.8 Å². The van der Waals surface area contributed by atoms with Crippen molar-refractivity contribution in [3.8, 4) is 0 Å². The van der Waals surface area contributed by atoms with Crippen molar-refractivity contribution in [3.63, 3.8) is 0 Å². The minimum Gasteiger partial charge on any atom is -0.550 e. The molecule has 0 bridgehead atoms. The monoisotopic (exact) mass is 371 g/mol. The largest absolute Gasteiger partial charge is 0.550 e. The number of hydrogen-bond donors (Lipinski definition) is 0. The van der Waals surface area contributed by atoms with Crippen LogP contribution >= 0.6 is 23.2 Å². The van der Waals surface area contributed by atoms with E-state index in [-0.39, 0.29) is 31.1 Å². The van der Waals surface area contributed by atoms with Crippen molar-refractivity contribution < 1.29 is 19.5 Å². The van der Waals surface area contributed by atoms with Crippen LogP contribution in [0.1, 0.15) is 29.6 Å². The van der Waals surface area contributed by atoms with Crippen LogP contribution in [0.5, 0.6) is 0 Å². The molecule has 24 heavy (non-hydrogen) atoms. The van der Waals surface area contributed by atoms with Crippen LogP contribution in [0.2, 0.25) is 10.0 Å². The van der Waals surface area contributed by atoms with Gasteiger partial charge < -0.3 is 19.7 Å². The number of aliphatic carboxylic acids is 1. The van der Waals surface area contributed by atoms with E-state index >= 15 is 0 Å². The normalized spacial score (nSPS) is 14.6. The Morgan fingerprint density at radius 1 is 1.00 bits per heavy atom. The Balaban J connectivity index is 1.86. The number of halogens is 2. The van der Waals surface area contributed by atoms with Gasteiger partial charge in [-0.25, -0.2) is 0 Å². The molecule has 6 nitrogen and oxygen atoms in total. The molecule has 1 aliphatic heterocycles. The summed E-state index contributed by atoms with van der Waals surface area (Å²) in [6.07, 6.45) is 0.310. The molecule has 1 heterocycles. The summed E-state index contributed by atoms with van der Waals surface area (Å²) in [5, 5.41) is 11.1. The lowest BCUT2D eigenvalue weighted by Crippen LogP contribution is -2.50. The topological polar surface area (TPSA) is 80.8 Å². The maximum atomic E-state index is 12.5. The van der Waals surface area contributed by atoms with E-state index in [9.17, 15) is 19.5 Å². The molecular formula is C16H17Cl2N2O4-. The van der Waals surface area contributed by atoms with Crippen molar-refractivity contribution in [1.82, 2.24) is 9.80 Å². The predicted octanol–water partition coefficient (Wildman–Crippen LogP) is 1.20. The van der Waals surface area contributed by atoms with Crippen LogP contribution in [-0.4, -0.2) is 53.8 Å². The first kappa shape index (κ1) is 18.5. The van der Waals surface area contributed by atoms with Crippen LogP contribution in [0.4, 0.5) is 0 Å². The molecule has 0 aliphatic carbocycles. The van der Waals surface area contributed by atoms with Gasteiger partial charge in [0.15, 0.2) is 0 Å². The van der Waals surface area contributed by atoms with E-state index in [0.717, 1.165) is 0 Å². The summed E-state index contributed by atoms with van der Waals surface area (Å²) in [6, 6.07) is 4.72. The van der Waals surface area contributed by atoms with Gasteiger partial charge in [0.05, 0.1) is 10.6 Å². The first-order valence-electron chi connectivity index (χ1n) is 7.60. The van der Waals surface area contributed by atoms with E-state index in [1.165, 1.54) is 6.07 Å². The van der Waals surface area contributed by atoms with E-state index in [4.69, 9.17) is 23.2 Å². The molecule has 0 unspecified atom stereocenters. The lowest BCUT2D eigenvalue weighted by atomic mass is 10.1. The van der Waals surface area contributed by atoms with Gasteiger partial charge in [0.1, 0.15) is 0 Å². The van der Waals surface area contributed by atoms with Crippen LogP contribution in [0, 0.1) is 0 Å². The molecule has 2 amide bonds. The Bertz CT molecular complexity index is 643. The fraction of sp³-hybridized carbons (Fsp3) is 0.438. The van der Waals surface area contributed by atoms with Crippen molar-refractivity contribution in [2.45, 2.75) is 19.3 Å². The summed E-state index contributed by atoms with van der Waals surface area (Å²) in [6.45, 7) is 1.65. The van der Waals surface area contributed by atoms with E-state index in [1.807, 2.05) is 0 Å². The van der Waals surface area contributed by atoms with Crippen molar-refractivity contribution >= 4 is 41.0 Å². The molecule has 1 saturated heterocycles. The number of benzene rings is 1. The second-order valence-corrected chi connectivity index (χ2v) is 6.37. The number of carbonyl (C=O) groups is 3. The highest BCUT2D eigenvalue weighted by atomic mass is 35.5. The quantitative estimate of drug-likeness (QED) is 0.778. The number of nitrogens with zero attached hydrogens (tertiary/aromatic N) is 2. The Morgan fingerprint density at radius 2 is 1.62 bits per heavy atom. The van der Waals surface area contributed by atoms with E-state index < -0.39 is 5.97 Å². The number of amides is 2. The average molecular weight is 372 g/mol. The molecule has 0 aromatic heterocycles. The van der Waals surface area contributed by atoms with Gasteiger partial charge in [0, 0.05) is 43.6 Å². The lowest BCUT2D eigenvalue weighted by molar-refractivity contribution is -0.305. The van der Waals surface area contributed by atoms with Gasteiger partial charge >= 0.3 is 0 Å². The third-order valence-electron chi connectivity index (χ3n) is 3.85. The average Bonchev–Trinajstić information content (AvgIpc) is 2.54. The summed E-state index contributed by atoms with van der Waals surface area (Å²) in [5.41, 5.74) is 0.384. The van der Waals surface area contributed by atoms with Gasteiger partial charge in [-0.15, -0.1) is 0 Å². The number of rotatable bonds is 5. The fourth-order valence-electron chi connectivity index (χ4n) is 2.53. The zero-order chi connectivity index (χ0) is 17.7. The maximum absolute atomic E-state index is 12.5. The highest BCUT2D eigenvalue weighted by molar-refractivity contribution is 6.36. The van der Waals surface area contributed by atoms with Crippen molar-refractivity contribution in [1.29, 1.82) is 0 Å².